The Morgan fingerprint density at radius 1 is 1.00 bits per heavy atom. The molecule has 0 unspecified atom stereocenters. The molecule has 26 heavy (non-hydrogen) atoms. The van der Waals surface area contributed by atoms with Gasteiger partial charge in [0.1, 0.15) is 5.82 Å². The third-order valence-corrected chi connectivity index (χ3v) is 5.07. The molecule has 2 aromatic carbocycles. The number of nitrogens with one attached hydrogen (secondary N) is 1. The number of amides is 1. The zero-order valence-corrected chi connectivity index (χ0v) is 14.6. The van der Waals surface area contributed by atoms with E-state index in [1.54, 1.807) is 12.1 Å². The maximum absolute atomic E-state index is 13.0. The Morgan fingerprint density at radius 3 is 2.54 bits per heavy atom. The van der Waals surface area contributed by atoms with E-state index in [2.05, 4.69) is 34.1 Å². The number of nitrogens with zero attached hydrogens (tertiary/aromatic N) is 2. The summed E-state index contributed by atoms with van der Waals surface area (Å²) in [5.41, 5.74) is 3.32. The highest BCUT2D eigenvalue weighted by Gasteiger charge is 2.21. The van der Waals surface area contributed by atoms with Crippen molar-refractivity contribution in [2.24, 2.45) is 0 Å². The average Bonchev–Trinajstić information content (AvgIpc) is 3.15. The van der Waals surface area contributed by atoms with Crippen LogP contribution in [0.5, 0.6) is 0 Å². The maximum Gasteiger partial charge on any atom is 0.223 e. The minimum absolute atomic E-state index is 0.206. The summed E-state index contributed by atoms with van der Waals surface area (Å²) in [7, 11) is 0. The number of carbonyl (C=O) groups is 1. The second-order valence-electron chi connectivity index (χ2n) is 6.74. The summed E-state index contributed by atoms with van der Waals surface area (Å²) in [6.45, 7) is 3.00. The SMILES string of the molecule is O=C(CCc1ccc2[nH]ccc2c1)N1CCN(c2ccc(F)cc2)CC1. The molecular formula is C21H22FN3O. The molecule has 3 aromatic rings. The molecule has 1 aromatic heterocycles. The smallest absolute Gasteiger partial charge is 0.223 e. The van der Waals surface area contributed by atoms with E-state index < -0.39 is 0 Å². The summed E-state index contributed by atoms with van der Waals surface area (Å²) in [5, 5.41) is 1.18. The lowest BCUT2D eigenvalue weighted by atomic mass is 10.1. The Balaban J connectivity index is 1.29. The predicted molar refractivity (Wildman–Crippen MR) is 102 cm³/mol. The molecule has 5 heteroatoms. The molecule has 1 fully saturated rings. The van der Waals surface area contributed by atoms with E-state index in [1.165, 1.54) is 23.1 Å². The second kappa shape index (κ2) is 7.20. The van der Waals surface area contributed by atoms with Crippen LogP contribution in [0.4, 0.5) is 10.1 Å². The average molecular weight is 351 g/mol. The highest BCUT2D eigenvalue weighted by Crippen LogP contribution is 2.18. The number of rotatable bonds is 4. The molecule has 1 amide bonds. The zero-order chi connectivity index (χ0) is 17.9. The number of aromatic amines is 1. The summed E-state index contributed by atoms with van der Waals surface area (Å²) in [6, 6.07) is 14.9. The van der Waals surface area contributed by atoms with Gasteiger partial charge in [-0.2, -0.15) is 0 Å². The van der Waals surface area contributed by atoms with Crippen molar-refractivity contribution in [3.8, 4) is 0 Å². The summed E-state index contributed by atoms with van der Waals surface area (Å²) in [4.78, 5) is 19.8. The molecule has 4 rings (SSSR count). The van der Waals surface area contributed by atoms with Crippen LogP contribution in [0.3, 0.4) is 0 Å². The first-order valence-electron chi connectivity index (χ1n) is 9.03. The number of fused-ring (bicyclic) bond motifs is 1. The molecule has 0 atom stereocenters. The number of H-pyrrole nitrogens is 1. The van der Waals surface area contributed by atoms with Gasteiger partial charge < -0.3 is 14.8 Å². The molecule has 2 heterocycles. The van der Waals surface area contributed by atoms with Crippen LogP contribution >= 0.6 is 0 Å². The third-order valence-electron chi connectivity index (χ3n) is 5.07. The van der Waals surface area contributed by atoms with E-state index >= 15 is 0 Å². The normalized spacial score (nSPS) is 14.8. The summed E-state index contributed by atoms with van der Waals surface area (Å²) in [6.07, 6.45) is 3.23. The Hall–Kier alpha value is -2.82. The van der Waals surface area contributed by atoms with Crippen LogP contribution in [0.1, 0.15) is 12.0 Å². The fourth-order valence-corrected chi connectivity index (χ4v) is 3.53. The van der Waals surface area contributed by atoms with Crippen LogP contribution < -0.4 is 4.90 Å². The minimum atomic E-state index is -0.222. The van der Waals surface area contributed by atoms with Crippen molar-refractivity contribution in [1.29, 1.82) is 0 Å². The topological polar surface area (TPSA) is 39.3 Å². The lowest BCUT2D eigenvalue weighted by molar-refractivity contribution is -0.131. The van der Waals surface area contributed by atoms with E-state index in [0.29, 0.717) is 19.5 Å². The van der Waals surface area contributed by atoms with E-state index in [1.807, 2.05) is 11.1 Å². The number of piperazine rings is 1. The van der Waals surface area contributed by atoms with Crippen LogP contribution in [-0.4, -0.2) is 42.0 Å². The number of hydrogen-bond acceptors (Lipinski definition) is 2. The summed E-state index contributed by atoms with van der Waals surface area (Å²) < 4.78 is 13.0. The highest BCUT2D eigenvalue weighted by atomic mass is 19.1. The number of aromatic nitrogens is 1. The van der Waals surface area contributed by atoms with Crippen molar-refractivity contribution in [2.45, 2.75) is 12.8 Å². The lowest BCUT2D eigenvalue weighted by Gasteiger charge is -2.36. The number of anilines is 1. The van der Waals surface area contributed by atoms with Crippen LogP contribution in [0.2, 0.25) is 0 Å². The highest BCUT2D eigenvalue weighted by molar-refractivity contribution is 5.80. The second-order valence-corrected chi connectivity index (χ2v) is 6.74. The van der Waals surface area contributed by atoms with Crippen molar-refractivity contribution in [3.63, 3.8) is 0 Å². The fraction of sp³-hybridized carbons (Fsp3) is 0.286. The molecule has 0 aliphatic carbocycles. The quantitative estimate of drug-likeness (QED) is 0.780. The molecular weight excluding hydrogens is 329 g/mol. The number of hydrogen-bond donors (Lipinski definition) is 1. The van der Waals surface area contributed by atoms with Gasteiger partial charge in [0.25, 0.3) is 0 Å². The Kier molecular flexibility index (Phi) is 4.61. The first-order valence-corrected chi connectivity index (χ1v) is 9.03. The van der Waals surface area contributed by atoms with Crippen molar-refractivity contribution >= 4 is 22.5 Å². The van der Waals surface area contributed by atoms with Crippen LogP contribution in [0, 0.1) is 5.82 Å². The summed E-state index contributed by atoms with van der Waals surface area (Å²) in [5.74, 6) is -0.0155. The van der Waals surface area contributed by atoms with Crippen LogP contribution in [0.15, 0.2) is 54.7 Å². The Morgan fingerprint density at radius 2 is 1.77 bits per heavy atom. The monoisotopic (exact) mass is 351 g/mol. The van der Waals surface area contributed by atoms with E-state index in [0.717, 1.165) is 30.7 Å². The zero-order valence-electron chi connectivity index (χ0n) is 14.6. The minimum Gasteiger partial charge on any atom is -0.368 e. The fourth-order valence-electron chi connectivity index (χ4n) is 3.53. The van der Waals surface area contributed by atoms with Gasteiger partial charge >= 0.3 is 0 Å². The van der Waals surface area contributed by atoms with Gasteiger partial charge in [0.2, 0.25) is 5.91 Å². The molecule has 134 valence electrons. The van der Waals surface area contributed by atoms with Crippen LogP contribution in [0.25, 0.3) is 10.9 Å². The third kappa shape index (κ3) is 3.57. The number of carbonyl (C=O) groups excluding carboxylic acids is 1. The van der Waals surface area contributed by atoms with Gasteiger partial charge in [-0.1, -0.05) is 6.07 Å². The molecule has 0 bridgehead atoms. The van der Waals surface area contributed by atoms with Gasteiger partial charge in [-0.25, -0.2) is 4.39 Å². The standard InChI is InChI=1S/C21H22FN3O/c22-18-3-5-19(6-4-18)24-11-13-25(14-12-24)21(26)8-2-16-1-7-20-17(15-16)9-10-23-20/h1,3-7,9-10,15,23H,2,8,11-14H2. The predicted octanol–water partition coefficient (Wildman–Crippen LogP) is 3.59. The van der Waals surface area contributed by atoms with Gasteiger partial charge in [0.15, 0.2) is 0 Å². The van der Waals surface area contributed by atoms with E-state index in [4.69, 9.17) is 0 Å². The van der Waals surface area contributed by atoms with Gasteiger partial charge in [0, 0.05) is 50.0 Å². The molecule has 1 saturated heterocycles. The Bertz CT molecular complexity index is 895. The van der Waals surface area contributed by atoms with Crippen molar-refractivity contribution in [3.05, 3.63) is 66.1 Å². The van der Waals surface area contributed by atoms with Gasteiger partial charge in [-0.15, -0.1) is 0 Å². The van der Waals surface area contributed by atoms with Crippen molar-refractivity contribution < 1.29 is 9.18 Å². The number of halogens is 1. The number of aryl methyl sites for hydroxylation is 1. The van der Waals surface area contributed by atoms with Gasteiger partial charge in [-0.3, -0.25) is 4.79 Å². The molecule has 1 aliphatic heterocycles. The van der Waals surface area contributed by atoms with Gasteiger partial charge in [-0.05, 0) is 59.8 Å². The first-order chi connectivity index (χ1) is 12.7. The lowest BCUT2D eigenvalue weighted by Crippen LogP contribution is -2.48. The summed E-state index contributed by atoms with van der Waals surface area (Å²) >= 11 is 0. The van der Waals surface area contributed by atoms with Crippen molar-refractivity contribution in [1.82, 2.24) is 9.88 Å². The Labute approximate surface area is 152 Å². The molecule has 0 spiro atoms. The molecule has 0 saturated carbocycles. The van der Waals surface area contributed by atoms with Crippen molar-refractivity contribution in [2.75, 3.05) is 31.1 Å². The molecule has 4 nitrogen and oxygen atoms in total. The van der Waals surface area contributed by atoms with Gasteiger partial charge in [0.05, 0.1) is 0 Å². The molecule has 0 radical (unpaired) electrons. The van der Waals surface area contributed by atoms with Crippen LogP contribution in [-0.2, 0) is 11.2 Å². The molecule has 1 N–H and O–H groups in total. The number of benzene rings is 2. The maximum atomic E-state index is 13.0. The van der Waals surface area contributed by atoms with E-state index in [9.17, 15) is 9.18 Å². The first kappa shape index (κ1) is 16.6. The molecule has 1 aliphatic rings. The van der Waals surface area contributed by atoms with E-state index in [-0.39, 0.29) is 11.7 Å². The largest absolute Gasteiger partial charge is 0.368 e.